The lowest BCUT2D eigenvalue weighted by atomic mass is 10.1. The Morgan fingerprint density at radius 1 is 1.17 bits per heavy atom. The number of hydrogen-bond acceptors (Lipinski definition) is 6. The number of ether oxygens (including phenoxy) is 1. The van der Waals surface area contributed by atoms with Crippen LogP contribution in [-0.4, -0.2) is 30.3 Å². The second kappa shape index (κ2) is 11.0. The van der Waals surface area contributed by atoms with E-state index in [0.717, 1.165) is 42.4 Å². The van der Waals surface area contributed by atoms with Crippen LogP contribution in [0.25, 0.3) is 0 Å². The maximum Gasteiger partial charge on any atom is 0.284 e. The van der Waals surface area contributed by atoms with Gasteiger partial charge < -0.3 is 15.5 Å². The summed E-state index contributed by atoms with van der Waals surface area (Å²) in [6.07, 6.45) is 0.309. The van der Waals surface area contributed by atoms with Crippen molar-refractivity contribution in [3.05, 3.63) is 79.2 Å². The SMILES string of the molecule is CC(F)(F)c1cc(Sc2c(Cl)cccc2Cl)c(C=O)c(=O)[nH]1.COc1cc2c(cc1N)CN(C)C2. The minimum Gasteiger partial charge on any atom is -0.495 e. The number of rotatable bonds is 5. The Hall–Kier alpha value is -2.59. The molecule has 3 N–H and O–H groups in total. The van der Waals surface area contributed by atoms with Crippen LogP contribution in [0.15, 0.2) is 51.0 Å². The number of alkyl halides is 2. The van der Waals surface area contributed by atoms with E-state index >= 15 is 0 Å². The number of halogens is 4. The molecule has 11 heteroatoms. The first-order valence-electron chi connectivity index (χ1n) is 10.3. The van der Waals surface area contributed by atoms with E-state index < -0.39 is 17.2 Å². The first kappa shape index (κ1) is 27.0. The van der Waals surface area contributed by atoms with E-state index in [4.69, 9.17) is 33.7 Å². The Balaban J connectivity index is 0.000000223. The second-order valence-corrected chi connectivity index (χ2v) is 9.85. The van der Waals surface area contributed by atoms with Crippen molar-refractivity contribution in [3.8, 4) is 5.75 Å². The van der Waals surface area contributed by atoms with E-state index in [1.165, 1.54) is 11.1 Å². The number of aromatic nitrogens is 1. The summed E-state index contributed by atoms with van der Waals surface area (Å²) in [4.78, 5) is 27.6. The highest BCUT2D eigenvalue weighted by atomic mass is 35.5. The number of carbonyl (C=O) groups is 1. The van der Waals surface area contributed by atoms with Gasteiger partial charge >= 0.3 is 0 Å². The largest absolute Gasteiger partial charge is 0.495 e. The maximum atomic E-state index is 13.4. The van der Waals surface area contributed by atoms with Crippen molar-refractivity contribution in [1.29, 1.82) is 0 Å². The fraction of sp³-hybridized carbons (Fsp3) is 0.250. The van der Waals surface area contributed by atoms with Crippen molar-refractivity contribution in [2.24, 2.45) is 0 Å². The number of hydrogen-bond donors (Lipinski definition) is 2. The van der Waals surface area contributed by atoms with Crippen LogP contribution >= 0.6 is 35.0 Å². The van der Waals surface area contributed by atoms with Gasteiger partial charge in [0.25, 0.3) is 11.5 Å². The molecule has 0 spiro atoms. The third-order valence-corrected chi connectivity index (χ3v) is 7.24. The van der Waals surface area contributed by atoms with Crippen molar-refractivity contribution in [1.82, 2.24) is 9.88 Å². The molecule has 1 aliphatic rings. The van der Waals surface area contributed by atoms with Gasteiger partial charge in [0.2, 0.25) is 0 Å². The van der Waals surface area contributed by atoms with Gasteiger partial charge in [-0.3, -0.25) is 14.5 Å². The highest BCUT2D eigenvalue weighted by molar-refractivity contribution is 7.99. The number of nitrogen functional groups attached to an aromatic ring is 1. The number of aromatic amines is 1. The summed E-state index contributed by atoms with van der Waals surface area (Å²) in [5.41, 5.74) is 7.45. The molecular formula is C24H23Cl2F2N3O3S. The van der Waals surface area contributed by atoms with Crippen LogP contribution in [0.1, 0.15) is 34.1 Å². The van der Waals surface area contributed by atoms with Crippen molar-refractivity contribution in [2.75, 3.05) is 19.9 Å². The first-order valence-corrected chi connectivity index (χ1v) is 11.9. The molecule has 0 aliphatic carbocycles. The second-order valence-electron chi connectivity index (χ2n) is 7.98. The molecule has 0 amide bonds. The van der Waals surface area contributed by atoms with Gasteiger partial charge in [0.05, 0.1) is 34.1 Å². The number of nitrogens with zero attached hydrogens (tertiary/aromatic N) is 1. The zero-order valence-corrected chi connectivity index (χ0v) is 21.5. The Morgan fingerprint density at radius 2 is 1.77 bits per heavy atom. The zero-order chi connectivity index (χ0) is 25.9. The molecule has 0 saturated carbocycles. The summed E-state index contributed by atoms with van der Waals surface area (Å²) in [5, 5.41) is 0.582. The van der Waals surface area contributed by atoms with Crippen LogP contribution < -0.4 is 16.0 Å². The molecule has 0 atom stereocenters. The summed E-state index contributed by atoms with van der Waals surface area (Å²) < 4.78 is 32.0. The number of nitrogens with one attached hydrogen (secondary N) is 1. The third-order valence-electron chi connectivity index (χ3n) is 5.19. The Morgan fingerprint density at radius 3 is 2.31 bits per heavy atom. The van der Waals surface area contributed by atoms with Gasteiger partial charge in [-0.2, -0.15) is 0 Å². The molecule has 0 radical (unpaired) electrons. The molecule has 35 heavy (non-hydrogen) atoms. The molecular weight excluding hydrogens is 519 g/mol. The Labute approximate surface area is 215 Å². The van der Waals surface area contributed by atoms with Gasteiger partial charge in [0.15, 0.2) is 6.29 Å². The van der Waals surface area contributed by atoms with Gasteiger partial charge in [-0.05, 0) is 48.5 Å². The molecule has 1 aliphatic heterocycles. The van der Waals surface area contributed by atoms with E-state index in [1.54, 1.807) is 25.3 Å². The fourth-order valence-corrected chi connectivity index (χ4v) is 5.07. The molecule has 4 rings (SSSR count). The smallest absolute Gasteiger partial charge is 0.284 e. The number of anilines is 1. The van der Waals surface area contributed by atoms with Gasteiger partial charge in [0.1, 0.15) is 5.75 Å². The number of carbonyl (C=O) groups excluding carboxylic acids is 1. The minimum absolute atomic E-state index is 0.0604. The number of aldehydes is 1. The highest BCUT2D eigenvalue weighted by Crippen LogP contribution is 2.40. The summed E-state index contributed by atoms with van der Waals surface area (Å²) >= 11 is 12.9. The topological polar surface area (TPSA) is 88.4 Å². The van der Waals surface area contributed by atoms with Gasteiger partial charge in [-0.25, -0.2) is 8.78 Å². The van der Waals surface area contributed by atoms with Crippen LogP contribution in [-0.2, 0) is 19.0 Å². The Kier molecular flexibility index (Phi) is 8.48. The van der Waals surface area contributed by atoms with E-state index in [2.05, 4.69) is 11.9 Å². The number of fused-ring (bicyclic) bond motifs is 1. The third kappa shape index (κ3) is 6.35. The summed E-state index contributed by atoms with van der Waals surface area (Å²) in [6, 6.07) is 9.86. The lowest BCUT2D eigenvalue weighted by Crippen LogP contribution is -2.21. The summed E-state index contributed by atoms with van der Waals surface area (Å²) in [5.74, 6) is -2.46. The molecule has 0 unspecified atom stereocenters. The Bertz CT molecular complexity index is 1290. The molecule has 6 nitrogen and oxygen atoms in total. The summed E-state index contributed by atoms with van der Waals surface area (Å²) in [7, 11) is 3.75. The zero-order valence-electron chi connectivity index (χ0n) is 19.1. The molecule has 1 aromatic heterocycles. The van der Waals surface area contributed by atoms with Crippen molar-refractivity contribution in [3.63, 3.8) is 0 Å². The van der Waals surface area contributed by atoms with Crippen LogP contribution in [0, 0.1) is 0 Å². The molecule has 0 bridgehead atoms. The van der Waals surface area contributed by atoms with Crippen LogP contribution in [0.3, 0.4) is 0 Å². The van der Waals surface area contributed by atoms with E-state index in [-0.39, 0.29) is 10.5 Å². The van der Waals surface area contributed by atoms with Crippen molar-refractivity contribution < 1.29 is 18.3 Å². The van der Waals surface area contributed by atoms with Crippen molar-refractivity contribution in [2.45, 2.75) is 35.7 Å². The maximum absolute atomic E-state index is 13.4. The standard InChI is InChI=1S/C14H9Cl2F2NO2S.C10H14N2O/c1-14(17,18)11-5-10(7(6-20)13(21)19-11)22-12-8(15)3-2-4-9(12)16;1-12-5-7-3-9(11)10(13-2)4-8(7)6-12/h2-6H,1H3,(H,19,21);3-4H,5-6,11H2,1-2H3. The van der Waals surface area contributed by atoms with Gasteiger partial charge in [-0.15, -0.1) is 0 Å². The number of benzene rings is 2. The minimum atomic E-state index is -3.25. The average Bonchev–Trinajstić information content (AvgIpc) is 3.14. The predicted molar refractivity (Wildman–Crippen MR) is 135 cm³/mol. The van der Waals surface area contributed by atoms with E-state index in [0.29, 0.717) is 28.2 Å². The molecule has 186 valence electrons. The fourth-order valence-electron chi connectivity index (χ4n) is 3.46. The quantitative estimate of drug-likeness (QED) is 0.305. The number of methoxy groups -OCH3 is 1. The van der Waals surface area contributed by atoms with Crippen molar-refractivity contribution >= 4 is 46.9 Å². The van der Waals surface area contributed by atoms with Crippen LogP contribution in [0.2, 0.25) is 10.0 Å². The number of nitrogens with two attached hydrogens (primary N) is 1. The van der Waals surface area contributed by atoms with E-state index in [1.807, 2.05) is 17.1 Å². The van der Waals surface area contributed by atoms with Gasteiger partial charge in [-0.1, -0.05) is 41.0 Å². The number of H-pyrrole nitrogens is 1. The molecule has 0 fully saturated rings. The first-order chi connectivity index (χ1) is 16.4. The predicted octanol–water partition coefficient (Wildman–Crippen LogP) is 5.98. The van der Waals surface area contributed by atoms with E-state index in [9.17, 15) is 18.4 Å². The number of pyridine rings is 1. The lowest BCUT2D eigenvalue weighted by molar-refractivity contribution is 0.0122. The lowest BCUT2D eigenvalue weighted by Gasteiger charge is -2.13. The van der Waals surface area contributed by atoms with Crippen LogP contribution in [0.5, 0.6) is 5.75 Å². The summed E-state index contributed by atoms with van der Waals surface area (Å²) in [6.45, 7) is 2.63. The average molecular weight is 542 g/mol. The molecule has 3 aromatic rings. The van der Waals surface area contributed by atoms with Gasteiger partial charge in [0, 0.05) is 29.8 Å². The molecule has 0 saturated heterocycles. The highest BCUT2D eigenvalue weighted by Gasteiger charge is 2.28. The molecule has 2 aromatic carbocycles. The molecule has 2 heterocycles. The normalized spacial score (nSPS) is 13.1. The van der Waals surface area contributed by atoms with Crippen LogP contribution in [0.4, 0.5) is 14.5 Å². The monoisotopic (exact) mass is 541 g/mol.